The summed E-state index contributed by atoms with van der Waals surface area (Å²) in [4.78, 5) is 12.1. The van der Waals surface area contributed by atoms with Crippen molar-refractivity contribution in [3.05, 3.63) is 64.7 Å². The Morgan fingerprint density at radius 1 is 1.14 bits per heavy atom. The van der Waals surface area contributed by atoms with Crippen molar-refractivity contribution < 1.29 is 13.6 Å². The molecule has 0 radical (unpaired) electrons. The number of nitrogens with two attached hydrogens (primary N) is 1. The lowest BCUT2D eigenvalue weighted by molar-refractivity contribution is 0.0936. The number of nitrogens with one attached hydrogen (secondary N) is 1. The van der Waals surface area contributed by atoms with Gasteiger partial charge in [0, 0.05) is 6.07 Å². The SMILES string of the molecule is Cc1ccc(C(C)NC(=O)c2cc(N)c(F)cc2F)cc1. The lowest BCUT2D eigenvalue weighted by Gasteiger charge is -2.15. The summed E-state index contributed by atoms with van der Waals surface area (Å²) in [6.07, 6.45) is 0. The highest BCUT2D eigenvalue weighted by atomic mass is 19.1. The number of rotatable bonds is 3. The Bertz CT molecular complexity index is 669. The summed E-state index contributed by atoms with van der Waals surface area (Å²) in [6.45, 7) is 3.75. The first kappa shape index (κ1) is 15.0. The minimum atomic E-state index is -0.935. The van der Waals surface area contributed by atoms with Gasteiger partial charge in [0.15, 0.2) is 0 Å². The number of carbonyl (C=O) groups is 1. The third kappa shape index (κ3) is 3.37. The van der Waals surface area contributed by atoms with Gasteiger partial charge in [0.1, 0.15) is 11.6 Å². The summed E-state index contributed by atoms with van der Waals surface area (Å²) in [7, 11) is 0. The molecule has 0 spiro atoms. The summed E-state index contributed by atoms with van der Waals surface area (Å²) in [5.74, 6) is -2.45. The molecule has 0 aliphatic heterocycles. The van der Waals surface area contributed by atoms with Gasteiger partial charge < -0.3 is 11.1 Å². The first-order chi connectivity index (χ1) is 9.88. The van der Waals surface area contributed by atoms with Gasteiger partial charge in [-0.1, -0.05) is 29.8 Å². The summed E-state index contributed by atoms with van der Waals surface area (Å²) in [5, 5.41) is 2.66. The number of hydrogen-bond donors (Lipinski definition) is 2. The monoisotopic (exact) mass is 290 g/mol. The lowest BCUT2D eigenvalue weighted by atomic mass is 10.1. The summed E-state index contributed by atoms with van der Waals surface area (Å²) in [5.41, 5.74) is 6.83. The Hall–Kier alpha value is -2.43. The molecule has 0 aromatic heterocycles. The van der Waals surface area contributed by atoms with Crippen LogP contribution in [0, 0.1) is 18.6 Å². The van der Waals surface area contributed by atoms with Gasteiger partial charge in [-0.2, -0.15) is 0 Å². The van der Waals surface area contributed by atoms with Crippen LogP contribution in [0.15, 0.2) is 36.4 Å². The normalized spacial score (nSPS) is 12.0. The molecule has 2 rings (SSSR count). The molecule has 0 fully saturated rings. The van der Waals surface area contributed by atoms with Gasteiger partial charge in [0.25, 0.3) is 5.91 Å². The fourth-order valence-corrected chi connectivity index (χ4v) is 1.95. The van der Waals surface area contributed by atoms with Crippen molar-refractivity contribution in [2.75, 3.05) is 5.73 Å². The fraction of sp³-hybridized carbons (Fsp3) is 0.188. The molecule has 0 saturated carbocycles. The van der Waals surface area contributed by atoms with E-state index in [1.54, 1.807) is 6.92 Å². The number of anilines is 1. The van der Waals surface area contributed by atoms with Crippen molar-refractivity contribution in [2.24, 2.45) is 0 Å². The molecule has 1 atom stereocenters. The summed E-state index contributed by atoms with van der Waals surface area (Å²) < 4.78 is 26.7. The van der Waals surface area contributed by atoms with Gasteiger partial charge in [0.2, 0.25) is 0 Å². The standard InChI is InChI=1S/C16H16F2N2O/c1-9-3-5-11(6-4-9)10(2)20-16(21)12-7-15(19)14(18)8-13(12)17/h3-8,10H,19H2,1-2H3,(H,20,21). The summed E-state index contributed by atoms with van der Waals surface area (Å²) >= 11 is 0. The average molecular weight is 290 g/mol. The Balaban J connectivity index is 2.18. The van der Waals surface area contributed by atoms with Crippen LogP contribution in [0.25, 0.3) is 0 Å². The zero-order valence-electron chi connectivity index (χ0n) is 11.8. The first-order valence-electron chi connectivity index (χ1n) is 6.50. The van der Waals surface area contributed by atoms with Crippen molar-refractivity contribution in [2.45, 2.75) is 19.9 Å². The molecule has 0 saturated heterocycles. The highest BCUT2D eigenvalue weighted by molar-refractivity contribution is 5.95. The molecule has 0 heterocycles. The zero-order chi connectivity index (χ0) is 15.6. The molecule has 2 aromatic carbocycles. The predicted octanol–water partition coefficient (Wildman–Crippen LogP) is 3.35. The number of hydrogen-bond acceptors (Lipinski definition) is 2. The van der Waals surface area contributed by atoms with E-state index in [1.165, 1.54) is 0 Å². The van der Waals surface area contributed by atoms with Crippen LogP contribution in [0.5, 0.6) is 0 Å². The van der Waals surface area contributed by atoms with Gasteiger partial charge >= 0.3 is 0 Å². The maximum Gasteiger partial charge on any atom is 0.254 e. The Labute approximate surface area is 121 Å². The zero-order valence-corrected chi connectivity index (χ0v) is 11.8. The highest BCUT2D eigenvalue weighted by Gasteiger charge is 2.17. The first-order valence-corrected chi connectivity index (χ1v) is 6.50. The van der Waals surface area contributed by atoms with Crippen molar-refractivity contribution in [1.29, 1.82) is 0 Å². The number of amides is 1. The number of halogens is 2. The third-order valence-electron chi connectivity index (χ3n) is 3.26. The van der Waals surface area contributed by atoms with Crippen molar-refractivity contribution in [3.63, 3.8) is 0 Å². The molecule has 2 aromatic rings. The van der Waals surface area contributed by atoms with Crippen LogP contribution in [-0.4, -0.2) is 5.91 Å². The molecule has 0 aliphatic carbocycles. The second-order valence-electron chi connectivity index (χ2n) is 4.96. The Morgan fingerprint density at radius 3 is 2.38 bits per heavy atom. The maximum absolute atomic E-state index is 13.6. The molecule has 5 heteroatoms. The largest absolute Gasteiger partial charge is 0.396 e. The predicted molar refractivity (Wildman–Crippen MR) is 77.8 cm³/mol. The molecule has 3 N–H and O–H groups in total. The molecule has 0 aliphatic rings. The van der Waals surface area contributed by atoms with Gasteiger partial charge in [-0.25, -0.2) is 8.78 Å². The van der Waals surface area contributed by atoms with Crippen LogP contribution in [0.1, 0.15) is 34.5 Å². The molecule has 0 bridgehead atoms. The number of carbonyl (C=O) groups excluding carboxylic acids is 1. The topological polar surface area (TPSA) is 55.1 Å². The molecule has 21 heavy (non-hydrogen) atoms. The van der Waals surface area contributed by atoms with Crippen molar-refractivity contribution >= 4 is 11.6 Å². The van der Waals surface area contributed by atoms with Crippen molar-refractivity contribution in [3.8, 4) is 0 Å². The smallest absolute Gasteiger partial charge is 0.254 e. The van der Waals surface area contributed by atoms with Crippen LogP contribution in [-0.2, 0) is 0 Å². The maximum atomic E-state index is 13.6. The third-order valence-corrected chi connectivity index (χ3v) is 3.26. The van der Waals surface area contributed by atoms with Gasteiger partial charge in [-0.05, 0) is 25.5 Å². The number of benzene rings is 2. The van der Waals surface area contributed by atoms with Crippen molar-refractivity contribution in [1.82, 2.24) is 5.32 Å². The van der Waals surface area contributed by atoms with Crippen LogP contribution < -0.4 is 11.1 Å². The van der Waals surface area contributed by atoms with Gasteiger partial charge in [0.05, 0.1) is 17.3 Å². The number of aryl methyl sites for hydroxylation is 1. The molecule has 1 amide bonds. The second-order valence-corrected chi connectivity index (χ2v) is 4.96. The fourth-order valence-electron chi connectivity index (χ4n) is 1.95. The van der Waals surface area contributed by atoms with Crippen LogP contribution in [0.4, 0.5) is 14.5 Å². The van der Waals surface area contributed by atoms with Gasteiger partial charge in [-0.15, -0.1) is 0 Å². The van der Waals surface area contributed by atoms with E-state index in [0.29, 0.717) is 6.07 Å². The van der Waals surface area contributed by atoms with Crippen LogP contribution in [0.2, 0.25) is 0 Å². The molecule has 3 nitrogen and oxygen atoms in total. The molecular formula is C16H16F2N2O. The lowest BCUT2D eigenvalue weighted by Crippen LogP contribution is -2.27. The van der Waals surface area contributed by atoms with E-state index >= 15 is 0 Å². The Morgan fingerprint density at radius 2 is 1.76 bits per heavy atom. The van der Waals surface area contributed by atoms with Crippen LogP contribution >= 0.6 is 0 Å². The van der Waals surface area contributed by atoms with E-state index < -0.39 is 17.5 Å². The quantitative estimate of drug-likeness (QED) is 0.852. The van der Waals surface area contributed by atoms with E-state index in [0.717, 1.165) is 17.2 Å². The highest BCUT2D eigenvalue weighted by Crippen LogP contribution is 2.18. The van der Waals surface area contributed by atoms with E-state index in [-0.39, 0.29) is 17.3 Å². The molecule has 110 valence electrons. The van der Waals surface area contributed by atoms with E-state index in [9.17, 15) is 13.6 Å². The Kier molecular flexibility index (Phi) is 4.21. The van der Waals surface area contributed by atoms with Crippen LogP contribution in [0.3, 0.4) is 0 Å². The number of nitrogen functional groups attached to an aromatic ring is 1. The minimum Gasteiger partial charge on any atom is -0.396 e. The van der Waals surface area contributed by atoms with E-state index in [1.807, 2.05) is 31.2 Å². The van der Waals surface area contributed by atoms with Gasteiger partial charge in [-0.3, -0.25) is 4.79 Å². The van der Waals surface area contributed by atoms with E-state index in [2.05, 4.69) is 5.32 Å². The summed E-state index contributed by atoms with van der Waals surface area (Å²) in [6, 6.07) is 8.93. The minimum absolute atomic E-state index is 0.260. The molecule has 1 unspecified atom stereocenters. The molecular weight excluding hydrogens is 274 g/mol. The average Bonchev–Trinajstić information content (AvgIpc) is 2.43. The van der Waals surface area contributed by atoms with E-state index in [4.69, 9.17) is 5.73 Å². The second kappa shape index (κ2) is 5.91.